The first-order valence-corrected chi connectivity index (χ1v) is 8.17. The van der Waals surface area contributed by atoms with Crippen LogP contribution in [0.4, 0.5) is 26.4 Å². The van der Waals surface area contributed by atoms with Gasteiger partial charge in [0.15, 0.2) is 0 Å². The van der Waals surface area contributed by atoms with Gasteiger partial charge < -0.3 is 11.1 Å². The summed E-state index contributed by atoms with van der Waals surface area (Å²) >= 11 is 5.68. The Morgan fingerprint density at radius 1 is 1.04 bits per heavy atom. The molecule has 0 aliphatic carbocycles. The molecule has 0 unspecified atom stereocenters. The number of anilines is 3. The van der Waals surface area contributed by atoms with Crippen LogP contribution >= 0.6 is 11.6 Å². The SMILES string of the molecule is Cc1nc2ccc(F)cc2n1-c1nc(N)nc(Nc2ccc(Cl)c(F)c2)n1. The number of rotatable bonds is 3. The molecule has 0 bridgehead atoms. The van der Waals surface area contributed by atoms with Gasteiger partial charge in [0.25, 0.3) is 0 Å². The highest BCUT2D eigenvalue weighted by molar-refractivity contribution is 6.30. The zero-order valence-corrected chi connectivity index (χ0v) is 14.7. The normalized spacial score (nSPS) is 11.1. The van der Waals surface area contributed by atoms with Crippen LogP contribution in [-0.4, -0.2) is 24.5 Å². The molecule has 2 aromatic heterocycles. The van der Waals surface area contributed by atoms with E-state index in [0.717, 1.165) is 0 Å². The number of nitrogens with zero attached hydrogens (tertiary/aromatic N) is 5. The molecule has 2 aromatic carbocycles. The molecule has 7 nitrogen and oxygen atoms in total. The van der Waals surface area contributed by atoms with Crippen LogP contribution in [0.5, 0.6) is 0 Å². The largest absolute Gasteiger partial charge is 0.368 e. The highest BCUT2D eigenvalue weighted by Crippen LogP contribution is 2.23. The Hall–Kier alpha value is -3.33. The molecule has 0 amide bonds. The highest BCUT2D eigenvalue weighted by atomic mass is 35.5. The topological polar surface area (TPSA) is 94.5 Å². The molecule has 3 N–H and O–H groups in total. The van der Waals surface area contributed by atoms with Gasteiger partial charge in [-0.25, -0.2) is 13.8 Å². The number of aromatic nitrogens is 5. The molecule has 0 radical (unpaired) electrons. The first-order chi connectivity index (χ1) is 12.9. The van der Waals surface area contributed by atoms with Crippen LogP contribution in [0.2, 0.25) is 5.02 Å². The Kier molecular flexibility index (Phi) is 4.08. The summed E-state index contributed by atoms with van der Waals surface area (Å²) in [4.78, 5) is 16.8. The Morgan fingerprint density at radius 2 is 1.85 bits per heavy atom. The van der Waals surface area contributed by atoms with Gasteiger partial charge in [-0.15, -0.1) is 0 Å². The van der Waals surface area contributed by atoms with E-state index in [1.807, 2.05) is 0 Å². The summed E-state index contributed by atoms with van der Waals surface area (Å²) in [5.74, 6) is -0.266. The third kappa shape index (κ3) is 3.24. The highest BCUT2D eigenvalue weighted by Gasteiger charge is 2.15. The first kappa shape index (κ1) is 17.1. The van der Waals surface area contributed by atoms with Crippen LogP contribution in [0.25, 0.3) is 17.0 Å². The average Bonchev–Trinajstić information content (AvgIpc) is 2.92. The lowest BCUT2D eigenvalue weighted by atomic mass is 10.3. The van der Waals surface area contributed by atoms with E-state index in [2.05, 4.69) is 25.3 Å². The molecular formula is C17H12ClF2N7. The Morgan fingerprint density at radius 3 is 2.63 bits per heavy atom. The van der Waals surface area contributed by atoms with Crippen LogP contribution in [0.1, 0.15) is 5.82 Å². The predicted octanol–water partition coefficient (Wildman–Crippen LogP) is 3.78. The second-order valence-electron chi connectivity index (χ2n) is 5.70. The number of aryl methyl sites for hydroxylation is 1. The van der Waals surface area contributed by atoms with Crippen molar-refractivity contribution >= 4 is 40.2 Å². The zero-order valence-electron chi connectivity index (χ0n) is 13.9. The number of benzene rings is 2. The Balaban J connectivity index is 1.80. The van der Waals surface area contributed by atoms with Gasteiger partial charge in [-0.2, -0.15) is 15.0 Å². The maximum absolute atomic E-state index is 13.7. The fraction of sp³-hybridized carbons (Fsp3) is 0.0588. The molecule has 0 saturated carbocycles. The number of nitrogen functional groups attached to an aromatic ring is 1. The van der Waals surface area contributed by atoms with Crippen molar-refractivity contribution in [2.45, 2.75) is 6.92 Å². The molecule has 0 saturated heterocycles. The number of fused-ring (bicyclic) bond motifs is 1. The second kappa shape index (κ2) is 6.44. The van der Waals surface area contributed by atoms with Crippen LogP contribution in [0.15, 0.2) is 36.4 Å². The molecule has 10 heteroatoms. The molecule has 27 heavy (non-hydrogen) atoms. The summed E-state index contributed by atoms with van der Waals surface area (Å²) in [7, 11) is 0. The summed E-state index contributed by atoms with van der Waals surface area (Å²) < 4.78 is 28.9. The molecule has 0 aliphatic heterocycles. The lowest BCUT2D eigenvalue weighted by Crippen LogP contribution is -2.10. The number of halogens is 3. The van der Waals surface area contributed by atoms with Crippen LogP contribution in [0, 0.1) is 18.6 Å². The Labute approximate surface area is 156 Å². The fourth-order valence-corrected chi connectivity index (χ4v) is 2.78. The predicted molar refractivity (Wildman–Crippen MR) is 98.3 cm³/mol. The third-order valence-corrected chi connectivity index (χ3v) is 4.11. The molecule has 0 fully saturated rings. The minimum atomic E-state index is -0.587. The summed E-state index contributed by atoms with van der Waals surface area (Å²) in [6.07, 6.45) is 0. The van der Waals surface area contributed by atoms with E-state index in [1.165, 1.54) is 24.3 Å². The van der Waals surface area contributed by atoms with Gasteiger partial charge in [0.1, 0.15) is 17.5 Å². The number of imidazole rings is 1. The smallest absolute Gasteiger partial charge is 0.242 e. The lowest BCUT2D eigenvalue weighted by Gasteiger charge is -2.09. The monoisotopic (exact) mass is 387 g/mol. The van der Waals surface area contributed by atoms with Crippen molar-refractivity contribution in [2.75, 3.05) is 11.1 Å². The van der Waals surface area contributed by atoms with Gasteiger partial charge in [-0.05, 0) is 37.3 Å². The number of hydrogen-bond acceptors (Lipinski definition) is 6. The average molecular weight is 388 g/mol. The number of nitrogens with one attached hydrogen (secondary N) is 1. The fourth-order valence-electron chi connectivity index (χ4n) is 2.66. The number of hydrogen-bond donors (Lipinski definition) is 2. The van der Waals surface area contributed by atoms with Gasteiger partial charge in [-0.3, -0.25) is 4.57 Å². The van der Waals surface area contributed by atoms with Gasteiger partial charge >= 0.3 is 0 Å². The van der Waals surface area contributed by atoms with Gasteiger partial charge in [0.05, 0.1) is 16.1 Å². The van der Waals surface area contributed by atoms with Crippen molar-refractivity contribution in [1.82, 2.24) is 24.5 Å². The van der Waals surface area contributed by atoms with E-state index in [-0.39, 0.29) is 22.9 Å². The van der Waals surface area contributed by atoms with Crippen LogP contribution in [0.3, 0.4) is 0 Å². The van der Waals surface area contributed by atoms with Gasteiger partial charge in [0, 0.05) is 11.8 Å². The van der Waals surface area contributed by atoms with Gasteiger partial charge in [-0.1, -0.05) is 11.6 Å². The van der Waals surface area contributed by atoms with Crippen molar-refractivity contribution in [3.63, 3.8) is 0 Å². The zero-order chi connectivity index (χ0) is 19.1. The molecule has 0 spiro atoms. The summed E-state index contributed by atoms with van der Waals surface area (Å²) in [5.41, 5.74) is 7.25. The molecule has 4 rings (SSSR count). The molecule has 136 valence electrons. The van der Waals surface area contributed by atoms with E-state index < -0.39 is 11.6 Å². The van der Waals surface area contributed by atoms with E-state index in [0.29, 0.717) is 22.5 Å². The number of nitrogens with two attached hydrogens (primary N) is 1. The van der Waals surface area contributed by atoms with Crippen molar-refractivity contribution < 1.29 is 8.78 Å². The summed E-state index contributed by atoms with van der Waals surface area (Å²) in [6, 6.07) is 8.39. The van der Waals surface area contributed by atoms with Crippen molar-refractivity contribution in [2.24, 2.45) is 0 Å². The lowest BCUT2D eigenvalue weighted by molar-refractivity contribution is 0.628. The van der Waals surface area contributed by atoms with E-state index in [1.54, 1.807) is 23.6 Å². The van der Waals surface area contributed by atoms with E-state index >= 15 is 0 Å². The molecular weight excluding hydrogens is 376 g/mol. The van der Waals surface area contributed by atoms with Crippen molar-refractivity contribution in [1.29, 1.82) is 0 Å². The summed E-state index contributed by atoms with van der Waals surface area (Å²) in [5, 5.41) is 2.84. The minimum Gasteiger partial charge on any atom is -0.368 e. The quantitative estimate of drug-likeness (QED) is 0.555. The first-order valence-electron chi connectivity index (χ1n) is 7.79. The Bertz CT molecular complexity index is 1180. The third-order valence-electron chi connectivity index (χ3n) is 3.80. The molecule has 0 atom stereocenters. The standard InChI is InChI=1S/C17H12ClF2N7/c1-8-22-13-5-2-9(19)6-14(13)27(8)17-25-15(21)24-16(26-17)23-10-3-4-11(18)12(20)7-10/h2-7H,1H3,(H3,21,23,24,25,26). The molecule has 2 heterocycles. The summed E-state index contributed by atoms with van der Waals surface area (Å²) in [6.45, 7) is 1.74. The minimum absolute atomic E-state index is 0.000985. The maximum atomic E-state index is 13.7. The molecule has 0 aliphatic rings. The molecule has 4 aromatic rings. The maximum Gasteiger partial charge on any atom is 0.242 e. The van der Waals surface area contributed by atoms with Crippen LogP contribution in [-0.2, 0) is 0 Å². The van der Waals surface area contributed by atoms with Crippen molar-refractivity contribution in [3.8, 4) is 5.95 Å². The second-order valence-corrected chi connectivity index (χ2v) is 6.11. The van der Waals surface area contributed by atoms with E-state index in [9.17, 15) is 8.78 Å². The van der Waals surface area contributed by atoms with Crippen molar-refractivity contribution in [3.05, 3.63) is 58.9 Å². The van der Waals surface area contributed by atoms with Crippen LogP contribution < -0.4 is 11.1 Å². The van der Waals surface area contributed by atoms with Gasteiger partial charge in [0.2, 0.25) is 17.8 Å². The van der Waals surface area contributed by atoms with E-state index in [4.69, 9.17) is 17.3 Å².